The number of carbonyl (C=O) groups excluding carboxylic acids is 1. The molecule has 0 saturated heterocycles. The van der Waals surface area contributed by atoms with Gasteiger partial charge in [0.1, 0.15) is 0 Å². The molecule has 0 radical (unpaired) electrons. The largest absolute Gasteiger partial charge is 0.268 e. The van der Waals surface area contributed by atoms with Crippen molar-refractivity contribution in [3.05, 3.63) is 64.2 Å². The molecule has 0 aliphatic carbocycles. The summed E-state index contributed by atoms with van der Waals surface area (Å²) in [6, 6.07) is 10.4. The number of aryl methyl sites for hydroxylation is 3. The molecular formula is C17H19NO3S. The standard InChI is InChI=1S/C17H19NO3S/c1-11-8-9-13(3)16(10-11)22(20,21)18-17(19)15-7-5-6-12(2)14(15)4/h5-10H,1-4H3,(H,18,19). The third-order valence-corrected chi connectivity index (χ3v) is 5.18. The fourth-order valence-corrected chi connectivity index (χ4v) is 3.52. The third-order valence-electron chi connectivity index (χ3n) is 3.71. The third kappa shape index (κ3) is 3.20. The Morgan fingerprint density at radius 3 is 2.32 bits per heavy atom. The fourth-order valence-electron chi connectivity index (χ4n) is 2.23. The summed E-state index contributed by atoms with van der Waals surface area (Å²) in [5.74, 6) is -0.609. The number of rotatable bonds is 3. The lowest BCUT2D eigenvalue weighted by molar-refractivity contribution is 0.0980. The van der Waals surface area contributed by atoms with Crippen molar-refractivity contribution < 1.29 is 13.2 Å². The molecule has 0 atom stereocenters. The summed E-state index contributed by atoms with van der Waals surface area (Å²) in [6.45, 7) is 7.20. The first-order valence-corrected chi connectivity index (χ1v) is 8.41. The Bertz CT molecular complexity index is 839. The van der Waals surface area contributed by atoms with Crippen LogP contribution in [-0.2, 0) is 10.0 Å². The van der Waals surface area contributed by atoms with E-state index in [-0.39, 0.29) is 4.90 Å². The normalized spacial score (nSPS) is 11.3. The molecule has 2 rings (SSSR count). The minimum absolute atomic E-state index is 0.131. The van der Waals surface area contributed by atoms with Crippen molar-refractivity contribution in [2.45, 2.75) is 32.6 Å². The Balaban J connectivity index is 2.38. The molecule has 1 amide bonds. The highest BCUT2D eigenvalue weighted by Gasteiger charge is 2.21. The van der Waals surface area contributed by atoms with Gasteiger partial charge in [0, 0.05) is 5.56 Å². The quantitative estimate of drug-likeness (QED) is 0.946. The van der Waals surface area contributed by atoms with Crippen LogP contribution in [0.15, 0.2) is 41.3 Å². The summed E-state index contributed by atoms with van der Waals surface area (Å²) in [7, 11) is -3.89. The molecule has 116 valence electrons. The molecule has 22 heavy (non-hydrogen) atoms. The smallest absolute Gasteiger partial charge is 0.265 e. The average Bonchev–Trinajstić information content (AvgIpc) is 2.43. The Morgan fingerprint density at radius 2 is 1.64 bits per heavy atom. The highest BCUT2D eigenvalue weighted by atomic mass is 32.2. The van der Waals surface area contributed by atoms with E-state index in [1.165, 1.54) is 0 Å². The predicted molar refractivity (Wildman–Crippen MR) is 86.5 cm³/mol. The molecule has 0 aliphatic heterocycles. The molecule has 0 aromatic heterocycles. The van der Waals surface area contributed by atoms with Gasteiger partial charge in [0.15, 0.2) is 0 Å². The molecule has 2 aromatic carbocycles. The molecule has 0 aliphatic rings. The Hall–Kier alpha value is -2.14. The van der Waals surface area contributed by atoms with E-state index in [1.807, 2.05) is 26.0 Å². The first-order valence-electron chi connectivity index (χ1n) is 6.93. The van der Waals surface area contributed by atoms with Gasteiger partial charge in [-0.3, -0.25) is 4.79 Å². The van der Waals surface area contributed by atoms with Gasteiger partial charge in [-0.25, -0.2) is 13.1 Å². The fraction of sp³-hybridized carbons (Fsp3) is 0.235. The van der Waals surface area contributed by atoms with Gasteiger partial charge in [-0.15, -0.1) is 0 Å². The van der Waals surface area contributed by atoms with Gasteiger partial charge in [-0.2, -0.15) is 0 Å². The summed E-state index contributed by atoms with van der Waals surface area (Å²) in [5.41, 5.74) is 3.51. The number of amides is 1. The maximum Gasteiger partial charge on any atom is 0.265 e. The molecule has 4 nitrogen and oxygen atoms in total. The highest BCUT2D eigenvalue weighted by molar-refractivity contribution is 7.90. The van der Waals surface area contributed by atoms with E-state index in [0.717, 1.165) is 16.7 Å². The highest BCUT2D eigenvalue weighted by Crippen LogP contribution is 2.18. The second kappa shape index (κ2) is 5.93. The molecule has 5 heteroatoms. The molecule has 1 N–H and O–H groups in total. The van der Waals surface area contributed by atoms with Crippen LogP contribution in [0.25, 0.3) is 0 Å². The second-order valence-corrected chi connectivity index (χ2v) is 7.10. The van der Waals surface area contributed by atoms with Crippen molar-refractivity contribution in [2.24, 2.45) is 0 Å². The van der Waals surface area contributed by atoms with E-state index in [1.54, 1.807) is 38.1 Å². The van der Waals surface area contributed by atoms with Crippen LogP contribution in [0.2, 0.25) is 0 Å². The molecular weight excluding hydrogens is 298 g/mol. The topological polar surface area (TPSA) is 63.2 Å². The van der Waals surface area contributed by atoms with Crippen LogP contribution in [0, 0.1) is 27.7 Å². The summed E-state index contributed by atoms with van der Waals surface area (Å²) in [4.78, 5) is 12.4. The zero-order chi connectivity index (χ0) is 16.5. The Morgan fingerprint density at radius 1 is 0.955 bits per heavy atom. The first-order chi connectivity index (χ1) is 10.2. The van der Waals surface area contributed by atoms with Crippen LogP contribution in [0.1, 0.15) is 32.6 Å². The van der Waals surface area contributed by atoms with Gasteiger partial charge in [0.05, 0.1) is 4.90 Å². The molecule has 0 saturated carbocycles. The van der Waals surface area contributed by atoms with Crippen molar-refractivity contribution in [1.29, 1.82) is 0 Å². The van der Waals surface area contributed by atoms with E-state index in [9.17, 15) is 13.2 Å². The van der Waals surface area contributed by atoms with Crippen LogP contribution in [-0.4, -0.2) is 14.3 Å². The minimum atomic E-state index is -3.89. The van der Waals surface area contributed by atoms with Crippen molar-refractivity contribution in [1.82, 2.24) is 4.72 Å². The lowest BCUT2D eigenvalue weighted by Gasteiger charge is -2.12. The number of benzene rings is 2. The Labute approximate surface area is 131 Å². The monoisotopic (exact) mass is 317 g/mol. The van der Waals surface area contributed by atoms with Crippen molar-refractivity contribution in [2.75, 3.05) is 0 Å². The summed E-state index contributed by atoms with van der Waals surface area (Å²) < 4.78 is 27.1. The van der Waals surface area contributed by atoms with Crippen molar-refractivity contribution >= 4 is 15.9 Å². The van der Waals surface area contributed by atoms with Crippen LogP contribution >= 0.6 is 0 Å². The zero-order valence-electron chi connectivity index (χ0n) is 13.1. The molecule has 0 heterocycles. The van der Waals surface area contributed by atoms with Gasteiger partial charge in [0.2, 0.25) is 0 Å². The number of nitrogens with one attached hydrogen (secondary N) is 1. The maximum atomic E-state index is 12.5. The maximum absolute atomic E-state index is 12.5. The van der Waals surface area contributed by atoms with E-state index in [2.05, 4.69) is 4.72 Å². The number of hydrogen-bond donors (Lipinski definition) is 1. The summed E-state index contributed by atoms with van der Waals surface area (Å²) in [6.07, 6.45) is 0. The van der Waals surface area contributed by atoms with Gasteiger partial charge >= 0.3 is 0 Å². The molecule has 0 bridgehead atoms. The van der Waals surface area contributed by atoms with E-state index in [0.29, 0.717) is 11.1 Å². The van der Waals surface area contributed by atoms with E-state index < -0.39 is 15.9 Å². The van der Waals surface area contributed by atoms with Crippen molar-refractivity contribution in [3.63, 3.8) is 0 Å². The first kappa shape index (κ1) is 16.2. The Kier molecular flexibility index (Phi) is 4.37. The number of hydrogen-bond acceptors (Lipinski definition) is 3. The van der Waals surface area contributed by atoms with Crippen molar-refractivity contribution in [3.8, 4) is 0 Å². The number of carbonyl (C=O) groups is 1. The van der Waals surface area contributed by atoms with E-state index >= 15 is 0 Å². The zero-order valence-corrected chi connectivity index (χ0v) is 13.9. The van der Waals surface area contributed by atoms with Gasteiger partial charge in [-0.05, 0) is 62.1 Å². The lowest BCUT2D eigenvalue weighted by atomic mass is 10.0. The van der Waals surface area contributed by atoms with Crippen LogP contribution in [0.4, 0.5) is 0 Å². The molecule has 0 spiro atoms. The van der Waals surface area contributed by atoms with Gasteiger partial charge in [-0.1, -0.05) is 24.3 Å². The van der Waals surface area contributed by atoms with E-state index in [4.69, 9.17) is 0 Å². The van der Waals surface area contributed by atoms with Gasteiger partial charge < -0.3 is 0 Å². The lowest BCUT2D eigenvalue weighted by Crippen LogP contribution is -2.31. The van der Waals surface area contributed by atoms with Gasteiger partial charge in [0.25, 0.3) is 15.9 Å². The van der Waals surface area contributed by atoms with Crippen LogP contribution in [0.3, 0.4) is 0 Å². The molecule has 0 fully saturated rings. The molecule has 0 unspecified atom stereocenters. The predicted octanol–water partition coefficient (Wildman–Crippen LogP) is 3.04. The minimum Gasteiger partial charge on any atom is -0.268 e. The SMILES string of the molecule is Cc1ccc(C)c(S(=O)(=O)NC(=O)c2cccc(C)c2C)c1. The number of sulfonamides is 1. The molecule has 2 aromatic rings. The van der Waals surface area contributed by atoms with Crippen LogP contribution < -0.4 is 4.72 Å². The van der Waals surface area contributed by atoms with Crippen LogP contribution in [0.5, 0.6) is 0 Å². The second-order valence-electron chi connectivity index (χ2n) is 5.45. The average molecular weight is 317 g/mol. The summed E-state index contributed by atoms with van der Waals surface area (Å²) >= 11 is 0. The summed E-state index contributed by atoms with van der Waals surface area (Å²) in [5, 5.41) is 0.